The second-order valence-electron chi connectivity index (χ2n) is 9.77. The molecule has 9 nitrogen and oxygen atoms in total. The summed E-state index contributed by atoms with van der Waals surface area (Å²) in [5.41, 5.74) is 11.0. The average molecular weight is 510 g/mol. The van der Waals surface area contributed by atoms with Crippen molar-refractivity contribution in [2.75, 3.05) is 52.4 Å². The molecule has 9 heteroatoms. The molecular weight excluding hydrogens is 470 g/mol. The smallest absolute Gasteiger partial charge is 0.274 e. The third-order valence-corrected chi connectivity index (χ3v) is 7.42. The quantitative estimate of drug-likeness (QED) is 0.457. The number of nitrogens with zero attached hydrogens (tertiary/aromatic N) is 4. The number of nitrogens with two attached hydrogens (primary N) is 1. The highest BCUT2D eigenvalue weighted by Crippen LogP contribution is 2.32. The first-order valence-corrected chi connectivity index (χ1v) is 12.9. The summed E-state index contributed by atoms with van der Waals surface area (Å²) in [5.74, 6) is -0.237. The molecule has 1 aromatic carbocycles. The minimum Gasteiger partial charge on any atom is -0.391 e. The van der Waals surface area contributed by atoms with Crippen LogP contribution < -0.4 is 10.6 Å². The van der Waals surface area contributed by atoms with Crippen LogP contribution in [0, 0.1) is 0 Å². The fourth-order valence-corrected chi connectivity index (χ4v) is 5.13. The van der Waals surface area contributed by atoms with E-state index in [0.29, 0.717) is 31.0 Å². The number of hydrogen-bond donors (Lipinski definition) is 2. The van der Waals surface area contributed by atoms with Gasteiger partial charge in [0.05, 0.1) is 24.5 Å². The minimum atomic E-state index is -0.679. The third-order valence-electron chi connectivity index (χ3n) is 7.42. The molecule has 4 rings (SSSR count). The maximum Gasteiger partial charge on any atom is 0.274 e. The SMILES string of the molecule is COCCN(C)c1cc([C@@H](C)OC)c2nc(C(=O)N3CCCC(c4ccccc4CN)[C@H](O)C3)cn2c1. The monoisotopic (exact) mass is 509 g/mol. The second-order valence-corrected chi connectivity index (χ2v) is 9.77. The number of likely N-dealkylation sites (N-methyl/N-ethyl adjacent to an activating group) is 1. The van der Waals surface area contributed by atoms with Crippen LogP contribution >= 0.6 is 0 Å². The number of aliphatic hydroxyl groups excluding tert-OH is 1. The summed E-state index contributed by atoms with van der Waals surface area (Å²) in [6.07, 6.45) is 4.45. The molecule has 0 saturated carbocycles. The maximum atomic E-state index is 13.6. The summed E-state index contributed by atoms with van der Waals surface area (Å²) < 4.78 is 12.7. The lowest BCUT2D eigenvalue weighted by atomic mass is 9.87. The molecule has 3 aromatic rings. The minimum absolute atomic E-state index is 0.0574. The lowest BCUT2D eigenvalue weighted by molar-refractivity contribution is 0.0625. The number of ether oxygens (including phenoxy) is 2. The summed E-state index contributed by atoms with van der Waals surface area (Å²) in [4.78, 5) is 22.2. The van der Waals surface area contributed by atoms with Crippen molar-refractivity contribution in [2.24, 2.45) is 5.73 Å². The van der Waals surface area contributed by atoms with Crippen molar-refractivity contribution in [1.82, 2.24) is 14.3 Å². The maximum absolute atomic E-state index is 13.6. The Kier molecular flexibility index (Phi) is 8.81. The Labute approximate surface area is 218 Å². The molecule has 2 aromatic heterocycles. The van der Waals surface area contributed by atoms with Crippen molar-refractivity contribution >= 4 is 17.2 Å². The van der Waals surface area contributed by atoms with Crippen molar-refractivity contribution in [2.45, 2.75) is 44.4 Å². The molecule has 0 aliphatic carbocycles. The van der Waals surface area contributed by atoms with E-state index in [1.54, 1.807) is 25.3 Å². The highest BCUT2D eigenvalue weighted by atomic mass is 16.5. The van der Waals surface area contributed by atoms with Crippen LogP contribution in [0.2, 0.25) is 0 Å². The van der Waals surface area contributed by atoms with Crippen molar-refractivity contribution in [3.8, 4) is 0 Å². The summed E-state index contributed by atoms with van der Waals surface area (Å²) in [7, 11) is 5.35. The van der Waals surface area contributed by atoms with Crippen LogP contribution in [0.15, 0.2) is 42.7 Å². The largest absolute Gasteiger partial charge is 0.391 e. The van der Waals surface area contributed by atoms with Crippen molar-refractivity contribution in [3.63, 3.8) is 0 Å². The number of methoxy groups -OCH3 is 2. The number of hydrogen-bond acceptors (Lipinski definition) is 7. The summed E-state index contributed by atoms with van der Waals surface area (Å²) in [5, 5.41) is 11.2. The molecule has 0 radical (unpaired) electrons. The molecule has 0 spiro atoms. The highest BCUT2D eigenvalue weighted by molar-refractivity contribution is 5.93. The van der Waals surface area contributed by atoms with Gasteiger partial charge in [0, 0.05) is 71.3 Å². The lowest BCUT2D eigenvalue weighted by Gasteiger charge is -2.25. The zero-order valence-electron chi connectivity index (χ0n) is 22.3. The van der Waals surface area contributed by atoms with E-state index in [4.69, 9.17) is 20.2 Å². The number of fused-ring (bicyclic) bond motifs is 1. The Bertz CT molecular complexity index is 1210. The molecule has 1 amide bonds. The number of anilines is 1. The molecule has 1 unspecified atom stereocenters. The molecular formula is C28H39N5O4. The van der Waals surface area contributed by atoms with Gasteiger partial charge in [0.2, 0.25) is 0 Å². The number of β-amino-alcohol motifs (C(OH)–C–C–N with tert-alkyl or cyclic N) is 1. The molecule has 3 heterocycles. The summed E-state index contributed by atoms with van der Waals surface area (Å²) >= 11 is 0. The number of aromatic nitrogens is 2. The first-order chi connectivity index (χ1) is 17.9. The Balaban J connectivity index is 1.61. The Morgan fingerprint density at radius 1 is 1.30 bits per heavy atom. The number of carbonyl (C=O) groups excluding carboxylic acids is 1. The Hall–Kier alpha value is -2.98. The van der Waals surface area contributed by atoms with Gasteiger partial charge in [0.1, 0.15) is 11.3 Å². The number of aliphatic hydroxyl groups is 1. The number of imidazole rings is 1. The van der Waals surface area contributed by atoms with E-state index in [1.165, 1.54) is 0 Å². The van der Waals surface area contributed by atoms with Gasteiger partial charge in [-0.15, -0.1) is 0 Å². The van der Waals surface area contributed by atoms with E-state index < -0.39 is 6.10 Å². The molecule has 1 fully saturated rings. The van der Waals surface area contributed by atoms with Gasteiger partial charge in [0.25, 0.3) is 5.91 Å². The zero-order valence-corrected chi connectivity index (χ0v) is 22.3. The van der Waals surface area contributed by atoms with Gasteiger partial charge in [-0.1, -0.05) is 24.3 Å². The average Bonchev–Trinajstić information content (AvgIpc) is 3.26. The highest BCUT2D eigenvalue weighted by Gasteiger charge is 2.31. The van der Waals surface area contributed by atoms with Crippen LogP contribution in [0.1, 0.15) is 59.0 Å². The van der Waals surface area contributed by atoms with Crippen LogP contribution in [0.25, 0.3) is 5.65 Å². The van der Waals surface area contributed by atoms with Gasteiger partial charge in [-0.25, -0.2) is 4.98 Å². The standard InChI is InChI=1S/C28H39N5O4/c1-19(37-4)24-14-21(31(2)12-13-36-3)16-33-17-25(30-27(24)33)28(35)32-11-7-10-23(26(34)18-32)22-9-6-5-8-20(22)15-29/h5-6,8-9,14,16-17,19,23,26,34H,7,10-13,15,18,29H2,1-4H3/t19-,23?,26-/m1/s1. The van der Waals surface area contributed by atoms with Crippen LogP contribution in [-0.4, -0.2) is 78.9 Å². The van der Waals surface area contributed by atoms with Crippen LogP contribution in [0.5, 0.6) is 0 Å². The summed E-state index contributed by atoms with van der Waals surface area (Å²) in [6, 6.07) is 10.0. The number of rotatable bonds is 9. The van der Waals surface area contributed by atoms with Crippen LogP contribution in [0.4, 0.5) is 5.69 Å². The van der Waals surface area contributed by atoms with E-state index >= 15 is 0 Å². The zero-order chi connectivity index (χ0) is 26.5. The predicted octanol–water partition coefficient (Wildman–Crippen LogP) is 2.96. The molecule has 37 heavy (non-hydrogen) atoms. The van der Waals surface area contributed by atoms with E-state index in [-0.39, 0.29) is 24.5 Å². The molecule has 200 valence electrons. The van der Waals surface area contributed by atoms with Gasteiger partial charge >= 0.3 is 0 Å². The number of carbonyl (C=O) groups is 1. The van der Waals surface area contributed by atoms with Gasteiger partial charge in [-0.2, -0.15) is 0 Å². The second kappa shape index (κ2) is 12.0. The topological polar surface area (TPSA) is 106 Å². The van der Waals surface area contributed by atoms with Crippen molar-refractivity contribution < 1.29 is 19.4 Å². The first-order valence-electron chi connectivity index (χ1n) is 12.9. The lowest BCUT2D eigenvalue weighted by Crippen LogP contribution is -2.38. The molecule has 1 aliphatic heterocycles. The van der Waals surface area contributed by atoms with Gasteiger partial charge in [-0.3, -0.25) is 4.79 Å². The molecule has 1 saturated heterocycles. The van der Waals surface area contributed by atoms with Crippen LogP contribution in [-0.2, 0) is 16.0 Å². The number of pyridine rings is 1. The number of amides is 1. The molecule has 0 bridgehead atoms. The number of benzene rings is 1. The fraction of sp³-hybridized carbons (Fsp3) is 0.500. The van der Waals surface area contributed by atoms with Crippen molar-refractivity contribution in [3.05, 3.63) is 65.1 Å². The summed E-state index contributed by atoms with van der Waals surface area (Å²) in [6.45, 7) is 4.54. The van der Waals surface area contributed by atoms with E-state index in [2.05, 4.69) is 11.0 Å². The molecule has 1 aliphatic rings. The normalized spacial score (nSPS) is 19.1. The van der Waals surface area contributed by atoms with E-state index in [0.717, 1.165) is 41.8 Å². The molecule has 3 N–H and O–H groups in total. The predicted molar refractivity (Wildman–Crippen MR) is 144 cm³/mol. The Morgan fingerprint density at radius 2 is 2.08 bits per heavy atom. The molecule has 3 atom stereocenters. The van der Waals surface area contributed by atoms with E-state index in [9.17, 15) is 9.90 Å². The van der Waals surface area contributed by atoms with Crippen LogP contribution in [0.3, 0.4) is 0 Å². The Morgan fingerprint density at radius 3 is 2.81 bits per heavy atom. The number of likely N-dealkylation sites (tertiary alicyclic amines) is 1. The third kappa shape index (κ3) is 5.80. The van der Waals surface area contributed by atoms with Gasteiger partial charge < -0.3 is 34.5 Å². The first kappa shape index (κ1) is 27.1. The van der Waals surface area contributed by atoms with E-state index in [1.807, 2.05) is 48.8 Å². The van der Waals surface area contributed by atoms with Crippen molar-refractivity contribution in [1.29, 1.82) is 0 Å². The van der Waals surface area contributed by atoms with Gasteiger partial charge in [-0.05, 0) is 37.0 Å². The fourth-order valence-electron chi connectivity index (χ4n) is 5.13. The van der Waals surface area contributed by atoms with Gasteiger partial charge in [0.15, 0.2) is 0 Å².